The fraction of sp³-hybridized carbons (Fsp3) is 0.556. The smallest absolute Gasteiger partial charge is 0.302 e. The lowest BCUT2D eigenvalue weighted by Crippen LogP contribution is -2.33. The Labute approximate surface area is 167 Å². The summed E-state index contributed by atoms with van der Waals surface area (Å²) in [4.78, 5) is 23.7. The fourth-order valence-corrected chi connectivity index (χ4v) is 3.20. The molecule has 2 aromatic heterocycles. The number of fused-ring (bicyclic) bond motifs is 1. The van der Waals surface area contributed by atoms with Crippen molar-refractivity contribution in [3.63, 3.8) is 0 Å². The van der Waals surface area contributed by atoms with Crippen LogP contribution in [0.2, 0.25) is 0 Å². The third kappa shape index (κ3) is 4.53. The predicted molar refractivity (Wildman–Crippen MR) is 102 cm³/mol. The maximum Gasteiger partial charge on any atom is 0.302 e. The molecule has 2 aromatic rings. The van der Waals surface area contributed by atoms with Crippen molar-refractivity contribution in [3.8, 4) is 0 Å². The van der Waals surface area contributed by atoms with Gasteiger partial charge in [0.05, 0.1) is 12.9 Å². The van der Waals surface area contributed by atoms with Crippen LogP contribution in [0.5, 0.6) is 0 Å². The molecule has 0 radical (unpaired) electrons. The Bertz CT molecular complexity index is 900. The van der Waals surface area contributed by atoms with Gasteiger partial charge in [-0.15, -0.1) is 0 Å². The Balaban J connectivity index is 1.80. The molecule has 3 heterocycles. The Hall–Kier alpha value is -2.60. The van der Waals surface area contributed by atoms with Crippen molar-refractivity contribution in [3.05, 3.63) is 24.3 Å². The van der Waals surface area contributed by atoms with Gasteiger partial charge in [-0.25, -0.2) is 15.0 Å². The number of hydrogen-bond acceptors (Lipinski definition) is 10. The molecule has 1 aliphatic rings. The second-order valence-electron chi connectivity index (χ2n) is 7.00. The van der Waals surface area contributed by atoms with Gasteiger partial charge >= 0.3 is 5.97 Å². The molecule has 0 unspecified atom stereocenters. The molecule has 0 amide bonds. The van der Waals surface area contributed by atoms with Crippen LogP contribution in [0.4, 0.5) is 5.82 Å². The molecule has 0 bridgehead atoms. The van der Waals surface area contributed by atoms with Gasteiger partial charge < -0.3 is 30.1 Å². The molecule has 3 rings (SSSR count). The van der Waals surface area contributed by atoms with E-state index < -0.39 is 31.1 Å². The highest BCUT2D eigenvalue weighted by molar-refractivity contribution is 5.83. The number of aromatic nitrogens is 4. The molecule has 158 valence electrons. The zero-order chi connectivity index (χ0) is 21.1. The number of nitrogens with one attached hydrogen (secondary N) is 1. The van der Waals surface area contributed by atoms with Crippen LogP contribution in [0.1, 0.15) is 27.0 Å². The van der Waals surface area contributed by atoms with Gasteiger partial charge in [0.25, 0.3) is 0 Å². The number of aliphatic hydroxyl groups is 3. The lowest BCUT2D eigenvalue weighted by Gasteiger charge is -2.17. The second-order valence-corrected chi connectivity index (χ2v) is 7.00. The summed E-state index contributed by atoms with van der Waals surface area (Å²) in [5.74, 6) is 0.135. The molecule has 1 fully saturated rings. The second kappa shape index (κ2) is 8.82. The number of anilines is 1. The molecule has 0 aromatic carbocycles. The Kier molecular flexibility index (Phi) is 6.42. The summed E-state index contributed by atoms with van der Waals surface area (Å²) in [6.45, 7) is 4.91. The van der Waals surface area contributed by atoms with Crippen LogP contribution in [-0.2, 0) is 14.3 Å². The normalized spacial score (nSPS) is 25.9. The Morgan fingerprint density at radius 1 is 1.34 bits per heavy atom. The molecule has 0 saturated carbocycles. The molecule has 11 heteroatoms. The van der Waals surface area contributed by atoms with Gasteiger partial charge in [-0.05, 0) is 19.4 Å². The van der Waals surface area contributed by atoms with Crippen molar-refractivity contribution in [1.29, 1.82) is 0 Å². The van der Waals surface area contributed by atoms with Crippen molar-refractivity contribution in [2.75, 3.05) is 18.5 Å². The molecule has 5 atom stereocenters. The molecule has 29 heavy (non-hydrogen) atoms. The van der Waals surface area contributed by atoms with Crippen LogP contribution in [0, 0.1) is 0 Å². The summed E-state index contributed by atoms with van der Waals surface area (Å²) in [5.41, 5.74) is 1.75. The van der Waals surface area contributed by atoms with Crippen molar-refractivity contribution in [1.82, 2.24) is 19.5 Å². The first kappa shape index (κ1) is 21.1. The first-order chi connectivity index (χ1) is 13.8. The van der Waals surface area contributed by atoms with E-state index in [2.05, 4.69) is 20.3 Å². The SMILES string of the molecule is CC(=O)OC/C(C)=C/[C@@H](C)Nc1ncnc2c1ncn2[C@@H]1O[C@H](CO)[C@@H](O)[C@H]1O. The molecule has 0 spiro atoms. The Morgan fingerprint density at radius 2 is 2.10 bits per heavy atom. The number of aliphatic hydroxyl groups excluding tert-OH is 3. The van der Waals surface area contributed by atoms with E-state index in [1.165, 1.54) is 24.1 Å². The molecular weight excluding hydrogens is 382 g/mol. The molecule has 1 saturated heterocycles. The third-order valence-electron chi connectivity index (χ3n) is 4.55. The fourth-order valence-electron chi connectivity index (χ4n) is 3.20. The monoisotopic (exact) mass is 407 g/mol. The molecule has 4 N–H and O–H groups in total. The summed E-state index contributed by atoms with van der Waals surface area (Å²) in [7, 11) is 0. The van der Waals surface area contributed by atoms with Gasteiger partial charge in [0, 0.05) is 13.0 Å². The predicted octanol–water partition coefficient (Wildman–Crippen LogP) is -0.252. The van der Waals surface area contributed by atoms with Gasteiger partial charge in [0.15, 0.2) is 23.2 Å². The highest BCUT2D eigenvalue weighted by atomic mass is 16.6. The van der Waals surface area contributed by atoms with E-state index in [9.17, 15) is 20.1 Å². The topological polar surface area (TPSA) is 152 Å². The van der Waals surface area contributed by atoms with E-state index in [1.807, 2.05) is 19.9 Å². The number of carbonyl (C=O) groups is 1. The number of rotatable bonds is 7. The van der Waals surface area contributed by atoms with E-state index in [-0.39, 0.29) is 18.6 Å². The zero-order valence-corrected chi connectivity index (χ0v) is 16.4. The van der Waals surface area contributed by atoms with Crippen molar-refractivity contribution < 1.29 is 29.6 Å². The quantitative estimate of drug-likeness (QED) is 0.357. The standard InChI is InChI=1S/C18H25N5O6/c1-9(6-28-11(3)25)4-10(2)22-16-13-17(20-7-19-16)23(8-21-13)18-15(27)14(26)12(5-24)29-18/h4,7-8,10,12,14-15,18,24,26-27H,5-6H2,1-3H3,(H,19,20,22)/b9-4+/t10-,12-,14-,15-,18-/m1/s1. The number of esters is 1. The number of imidazole rings is 1. The Morgan fingerprint density at radius 3 is 2.76 bits per heavy atom. The van der Waals surface area contributed by atoms with E-state index in [0.717, 1.165) is 5.57 Å². The van der Waals surface area contributed by atoms with Crippen molar-refractivity contribution in [2.45, 2.75) is 51.4 Å². The highest BCUT2D eigenvalue weighted by Crippen LogP contribution is 2.32. The molecule has 0 aliphatic carbocycles. The minimum absolute atomic E-state index is 0.136. The van der Waals surface area contributed by atoms with E-state index in [1.54, 1.807) is 0 Å². The van der Waals surface area contributed by atoms with Gasteiger partial charge in [0.2, 0.25) is 0 Å². The first-order valence-corrected chi connectivity index (χ1v) is 9.19. The summed E-state index contributed by atoms with van der Waals surface area (Å²) in [6, 6.07) is -0.136. The third-order valence-corrected chi connectivity index (χ3v) is 4.55. The highest BCUT2D eigenvalue weighted by Gasteiger charge is 2.44. The van der Waals surface area contributed by atoms with Gasteiger partial charge in [-0.3, -0.25) is 9.36 Å². The van der Waals surface area contributed by atoms with Crippen molar-refractivity contribution in [2.24, 2.45) is 0 Å². The minimum Gasteiger partial charge on any atom is -0.461 e. The molecular formula is C18H25N5O6. The van der Waals surface area contributed by atoms with Gasteiger partial charge in [0.1, 0.15) is 31.2 Å². The summed E-state index contributed by atoms with van der Waals surface area (Å²) >= 11 is 0. The first-order valence-electron chi connectivity index (χ1n) is 9.19. The van der Waals surface area contributed by atoms with Crippen LogP contribution in [0.15, 0.2) is 24.3 Å². The maximum absolute atomic E-state index is 10.9. The zero-order valence-electron chi connectivity index (χ0n) is 16.4. The van der Waals surface area contributed by atoms with Crippen LogP contribution in [0.3, 0.4) is 0 Å². The molecule has 1 aliphatic heterocycles. The van der Waals surface area contributed by atoms with E-state index in [4.69, 9.17) is 9.47 Å². The van der Waals surface area contributed by atoms with Gasteiger partial charge in [-0.2, -0.15) is 0 Å². The average Bonchev–Trinajstić information content (AvgIpc) is 3.22. The lowest BCUT2D eigenvalue weighted by atomic mass is 10.1. The summed E-state index contributed by atoms with van der Waals surface area (Å²) in [5, 5.41) is 32.7. The van der Waals surface area contributed by atoms with E-state index >= 15 is 0 Å². The van der Waals surface area contributed by atoms with Crippen LogP contribution < -0.4 is 5.32 Å². The summed E-state index contributed by atoms with van der Waals surface area (Å²) in [6.07, 6.45) is 0.424. The number of hydrogen-bond donors (Lipinski definition) is 4. The number of nitrogens with zero attached hydrogens (tertiary/aromatic N) is 4. The number of ether oxygens (including phenoxy) is 2. The van der Waals surface area contributed by atoms with Gasteiger partial charge in [-0.1, -0.05) is 6.08 Å². The lowest BCUT2D eigenvalue weighted by molar-refractivity contribution is -0.139. The van der Waals surface area contributed by atoms with Crippen LogP contribution in [-0.4, -0.2) is 78.4 Å². The minimum atomic E-state index is -1.23. The van der Waals surface area contributed by atoms with E-state index in [0.29, 0.717) is 17.0 Å². The van der Waals surface area contributed by atoms with Crippen LogP contribution in [0.25, 0.3) is 11.2 Å². The summed E-state index contributed by atoms with van der Waals surface area (Å²) < 4.78 is 12.0. The maximum atomic E-state index is 10.9. The number of carbonyl (C=O) groups excluding carboxylic acids is 1. The average molecular weight is 407 g/mol. The van der Waals surface area contributed by atoms with Crippen LogP contribution >= 0.6 is 0 Å². The molecule has 11 nitrogen and oxygen atoms in total. The largest absolute Gasteiger partial charge is 0.461 e. The van der Waals surface area contributed by atoms with Crippen molar-refractivity contribution >= 4 is 23.0 Å².